The molecular weight excluding hydrogens is 483 g/mol. The van der Waals surface area contributed by atoms with Crippen LogP contribution in [0.1, 0.15) is 5.56 Å². The van der Waals surface area contributed by atoms with Crippen LogP contribution in [-0.4, -0.2) is 20.9 Å². The van der Waals surface area contributed by atoms with E-state index >= 15 is 0 Å². The minimum atomic E-state index is -3.76. The zero-order valence-electron chi connectivity index (χ0n) is 16.2. The van der Waals surface area contributed by atoms with Gasteiger partial charge in [0.25, 0.3) is 15.9 Å². The van der Waals surface area contributed by atoms with Gasteiger partial charge in [0.1, 0.15) is 5.75 Å². The van der Waals surface area contributed by atoms with E-state index in [1.807, 2.05) is 19.1 Å². The van der Waals surface area contributed by atoms with E-state index in [4.69, 9.17) is 39.5 Å². The average Bonchev–Trinajstić information content (AvgIpc) is 2.72. The van der Waals surface area contributed by atoms with Crippen LogP contribution in [-0.2, 0) is 14.8 Å². The quantitative estimate of drug-likeness (QED) is 0.404. The number of amides is 1. The Morgan fingerprint density at radius 2 is 1.55 bits per heavy atom. The molecule has 162 valence electrons. The van der Waals surface area contributed by atoms with Crippen molar-refractivity contribution in [1.82, 2.24) is 0 Å². The monoisotopic (exact) mass is 498 g/mol. The van der Waals surface area contributed by atoms with E-state index in [1.165, 1.54) is 36.4 Å². The van der Waals surface area contributed by atoms with Crippen molar-refractivity contribution in [3.8, 4) is 5.75 Å². The molecule has 0 heterocycles. The summed E-state index contributed by atoms with van der Waals surface area (Å²) in [6.45, 7) is 1.50. The number of hydrogen-bond acceptors (Lipinski definition) is 4. The van der Waals surface area contributed by atoms with Gasteiger partial charge in [-0.3, -0.25) is 9.52 Å². The third-order valence-electron chi connectivity index (χ3n) is 4.18. The molecule has 3 aromatic carbocycles. The fourth-order valence-corrected chi connectivity index (χ4v) is 4.28. The molecule has 3 rings (SSSR count). The molecule has 2 N–H and O–H groups in total. The number of carbonyl (C=O) groups excluding carboxylic acids is 1. The van der Waals surface area contributed by atoms with Crippen molar-refractivity contribution in [2.75, 3.05) is 16.6 Å². The summed E-state index contributed by atoms with van der Waals surface area (Å²) in [5.74, 6) is -0.150. The number of hydrogen-bond donors (Lipinski definition) is 2. The molecule has 0 radical (unpaired) electrons. The predicted molar refractivity (Wildman–Crippen MR) is 124 cm³/mol. The molecule has 10 heteroatoms. The Morgan fingerprint density at radius 1 is 0.903 bits per heavy atom. The van der Waals surface area contributed by atoms with Crippen LogP contribution in [0.2, 0.25) is 15.1 Å². The number of ether oxygens (including phenoxy) is 1. The third kappa shape index (κ3) is 6.04. The summed E-state index contributed by atoms with van der Waals surface area (Å²) in [5.41, 5.74) is 1.60. The molecule has 0 aliphatic rings. The molecule has 6 nitrogen and oxygen atoms in total. The Balaban J connectivity index is 1.61. The van der Waals surface area contributed by atoms with Gasteiger partial charge >= 0.3 is 0 Å². The topological polar surface area (TPSA) is 84.5 Å². The lowest BCUT2D eigenvalue weighted by molar-refractivity contribution is -0.118. The molecule has 0 saturated carbocycles. The van der Waals surface area contributed by atoms with Crippen molar-refractivity contribution in [2.45, 2.75) is 11.8 Å². The highest BCUT2D eigenvalue weighted by Gasteiger charge is 2.15. The number of nitrogens with one attached hydrogen (secondary N) is 2. The van der Waals surface area contributed by atoms with Crippen LogP contribution in [0.25, 0.3) is 0 Å². The maximum Gasteiger partial charge on any atom is 0.262 e. The molecule has 0 aromatic heterocycles. The Hall–Kier alpha value is -2.45. The normalized spacial score (nSPS) is 11.1. The SMILES string of the molecule is Cc1ccccc1NS(=O)(=O)c1ccc(OCC(=O)Nc2cc(Cl)c(Cl)cc2Cl)cc1. The second-order valence-corrected chi connectivity index (χ2v) is 9.38. The minimum absolute atomic E-state index is 0.0649. The van der Waals surface area contributed by atoms with Crippen molar-refractivity contribution < 1.29 is 17.9 Å². The zero-order valence-corrected chi connectivity index (χ0v) is 19.2. The summed E-state index contributed by atoms with van der Waals surface area (Å²) in [4.78, 5) is 12.2. The summed E-state index contributed by atoms with van der Waals surface area (Å²) in [5, 5.41) is 3.33. The molecule has 0 saturated heterocycles. The van der Waals surface area contributed by atoms with Crippen molar-refractivity contribution in [3.05, 3.63) is 81.3 Å². The van der Waals surface area contributed by atoms with Crippen molar-refractivity contribution in [3.63, 3.8) is 0 Å². The number of benzene rings is 3. The first-order valence-electron chi connectivity index (χ1n) is 8.91. The standard InChI is InChI=1S/C21H17Cl3N2O4S/c1-13-4-2-3-5-19(13)26-31(28,29)15-8-6-14(7-9-15)30-12-21(27)25-20-11-17(23)16(22)10-18(20)24/h2-11,26H,12H2,1H3,(H,25,27). The molecule has 0 spiro atoms. The van der Waals surface area contributed by atoms with Gasteiger partial charge in [0.2, 0.25) is 0 Å². The smallest absolute Gasteiger partial charge is 0.262 e. The van der Waals surface area contributed by atoms with Crippen LogP contribution < -0.4 is 14.8 Å². The maximum absolute atomic E-state index is 12.6. The highest BCUT2D eigenvalue weighted by Crippen LogP contribution is 2.32. The Labute approximate surface area is 195 Å². The Morgan fingerprint density at radius 3 is 2.23 bits per heavy atom. The zero-order chi connectivity index (χ0) is 22.6. The molecule has 3 aromatic rings. The first kappa shape index (κ1) is 23.2. The second-order valence-electron chi connectivity index (χ2n) is 6.47. The van der Waals surface area contributed by atoms with Crippen LogP contribution in [0.5, 0.6) is 5.75 Å². The van der Waals surface area contributed by atoms with E-state index in [0.29, 0.717) is 17.1 Å². The van der Waals surface area contributed by atoms with Crippen LogP contribution in [0.4, 0.5) is 11.4 Å². The molecule has 1 amide bonds. The lowest BCUT2D eigenvalue weighted by atomic mass is 10.2. The third-order valence-corrected chi connectivity index (χ3v) is 6.59. The van der Waals surface area contributed by atoms with Crippen molar-refractivity contribution in [2.24, 2.45) is 0 Å². The van der Waals surface area contributed by atoms with Gasteiger partial charge in [-0.1, -0.05) is 53.0 Å². The number of para-hydroxylation sites is 1. The molecular formula is C21H17Cl3N2O4S. The van der Waals surface area contributed by atoms with E-state index in [-0.39, 0.29) is 26.6 Å². The number of sulfonamides is 1. The van der Waals surface area contributed by atoms with Crippen molar-refractivity contribution >= 4 is 62.1 Å². The highest BCUT2D eigenvalue weighted by molar-refractivity contribution is 7.92. The van der Waals surface area contributed by atoms with Gasteiger partial charge in [0.05, 0.1) is 31.3 Å². The molecule has 0 unspecified atom stereocenters. The summed E-state index contributed by atoms with van der Waals surface area (Å²) in [6, 6.07) is 15.6. The summed E-state index contributed by atoms with van der Waals surface area (Å²) in [6.07, 6.45) is 0. The molecule has 0 aliphatic heterocycles. The first-order chi connectivity index (χ1) is 14.7. The molecule has 0 fully saturated rings. The van der Waals surface area contributed by atoms with Crippen molar-refractivity contribution in [1.29, 1.82) is 0 Å². The Bertz CT molecular complexity index is 1220. The van der Waals surface area contributed by atoms with Gasteiger partial charge in [0.15, 0.2) is 6.61 Å². The number of carbonyl (C=O) groups is 1. The van der Waals surface area contributed by atoms with E-state index in [1.54, 1.807) is 12.1 Å². The fraction of sp³-hybridized carbons (Fsp3) is 0.0952. The summed E-state index contributed by atoms with van der Waals surface area (Å²) < 4.78 is 33.1. The summed E-state index contributed by atoms with van der Waals surface area (Å²) >= 11 is 17.8. The first-order valence-corrected chi connectivity index (χ1v) is 11.5. The van der Waals surface area contributed by atoms with E-state index in [9.17, 15) is 13.2 Å². The lowest BCUT2D eigenvalue weighted by Gasteiger charge is -2.12. The predicted octanol–water partition coefficient (Wildman–Crippen LogP) is 5.77. The second kappa shape index (κ2) is 9.78. The van der Waals surface area contributed by atoms with Crippen LogP contribution >= 0.6 is 34.8 Å². The maximum atomic E-state index is 12.6. The largest absolute Gasteiger partial charge is 0.484 e. The van der Waals surface area contributed by atoms with Gasteiger partial charge < -0.3 is 10.1 Å². The molecule has 31 heavy (non-hydrogen) atoms. The van der Waals surface area contributed by atoms with E-state index in [0.717, 1.165) is 5.56 Å². The number of rotatable bonds is 7. The van der Waals surface area contributed by atoms with Gasteiger partial charge in [-0.15, -0.1) is 0 Å². The van der Waals surface area contributed by atoms with Crippen LogP contribution in [0.3, 0.4) is 0 Å². The van der Waals surface area contributed by atoms with E-state index < -0.39 is 15.9 Å². The minimum Gasteiger partial charge on any atom is -0.484 e. The molecule has 0 bridgehead atoms. The number of halogens is 3. The van der Waals surface area contributed by atoms with Gasteiger partial charge in [0, 0.05) is 0 Å². The Kier molecular flexibility index (Phi) is 7.33. The van der Waals surface area contributed by atoms with Crippen LogP contribution in [0.15, 0.2) is 65.6 Å². The average molecular weight is 500 g/mol. The number of aryl methyl sites for hydroxylation is 1. The van der Waals surface area contributed by atoms with Crippen LogP contribution in [0, 0.1) is 6.92 Å². The van der Waals surface area contributed by atoms with E-state index in [2.05, 4.69) is 10.0 Å². The van der Waals surface area contributed by atoms with Gasteiger partial charge in [-0.05, 0) is 55.0 Å². The van der Waals surface area contributed by atoms with Gasteiger partial charge in [-0.2, -0.15) is 0 Å². The lowest BCUT2D eigenvalue weighted by Crippen LogP contribution is -2.20. The molecule has 0 atom stereocenters. The summed E-state index contributed by atoms with van der Waals surface area (Å²) in [7, 11) is -3.76. The highest BCUT2D eigenvalue weighted by atomic mass is 35.5. The fourth-order valence-electron chi connectivity index (χ4n) is 2.56. The molecule has 0 aliphatic carbocycles. The van der Waals surface area contributed by atoms with Gasteiger partial charge in [-0.25, -0.2) is 8.42 Å². The number of anilines is 2.